The van der Waals surface area contributed by atoms with Crippen LogP contribution in [0.2, 0.25) is 0 Å². The second kappa shape index (κ2) is 3.45. The first-order chi connectivity index (χ1) is 7.38. The van der Waals surface area contributed by atoms with Gasteiger partial charge in [0.1, 0.15) is 5.82 Å². The number of aromatic nitrogens is 3. The van der Waals surface area contributed by atoms with Crippen molar-refractivity contribution in [2.24, 2.45) is 0 Å². The van der Waals surface area contributed by atoms with Crippen LogP contribution in [-0.2, 0) is 19.3 Å². The van der Waals surface area contributed by atoms with Crippen molar-refractivity contribution in [3.63, 3.8) is 0 Å². The maximum Gasteiger partial charge on any atom is 0.151 e. The Kier molecular flexibility index (Phi) is 2.09. The molecule has 0 bridgehead atoms. The van der Waals surface area contributed by atoms with E-state index in [0.717, 1.165) is 24.5 Å². The third-order valence-corrected chi connectivity index (χ3v) is 3.76. The van der Waals surface area contributed by atoms with E-state index in [1.54, 1.807) is 0 Å². The van der Waals surface area contributed by atoms with Gasteiger partial charge in [0, 0.05) is 17.7 Å². The molecular weight excluding hydrogens is 206 g/mol. The van der Waals surface area contributed by atoms with Crippen molar-refractivity contribution in [2.75, 3.05) is 0 Å². The van der Waals surface area contributed by atoms with E-state index in [-0.39, 0.29) is 0 Å². The average Bonchev–Trinajstić information content (AvgIpc) is 2.82. The molecule has 3 nitrogen and oxygen atoms in total. The van der Waals surface area contributed by atoms with Gasteiger partial charge in [0.25, 0.3) is 0 Å². The van der Waals surface area contributed by atoms with Gasteiger partial charge in [-0.1, -0.05) is 6.92 Å². The summed E-state index contributed by atoms with van der Waals surface area (Å²) in [5.41, 5.74) is 1.25. The summed E-state index contributed by atoms with van der Waals surface area (Å²) in [6.07, 6.45) is 4.32. The quantitative estimate of drug-likeness (QED) is 0.737. The molecule has 0 saturated heterocycles. The Morgan fingerprint density at radius 1 is 1.47 bits per heavy atom. The van der Waals surface area contributed by atoms with Gasteiger partial charge in [-0.05, 0) is 24.3 Å². The summed E-state index contributed by atoms with van der Waals surface area (Å²) in [6, 6.07) is 2.16. The van der Waals surface area contributed by atoms with E-state index in [1.165, 1.54) is 23.4 Å². The third-order valence-electron chi connectivity index (χ3n) is 2.79. The Morgan fingerprint density at radius 2 is 2.40 bits per heavy atom. The Morgan fingerprint density at radius 3 is 3.27 bits per heavy atom. The molecule has 0 aliphatic carbocycles. The van der Waals surface area contributed by atoms with Crippen molar-refractivity contribution in [1.82, 2.24) is 14.8 Å². The van der Waals surface area contributed by atoms with Crippen molar-refractivity contribution >= 4 is 11.3 Å². The standard InChI is InChI=1S/C11H13N3S/c1-2-10-12-11-5-3-4-9-8(6-7-15-9)14(11)13-10/h6-7H,2-5H2,1H3. The van der Waals surface area contributed by atoms with Crippen molar-refractivity contribution in [1.29, 1.82) is 0 Å². The molecule has 0 N–H and O–H groups in total. The van der Waals surface area contributed by atoms with Crippen molar-refractivity contribution in [3.05, 3.63) is 28.0 Å². The predicted octanol–water partition coefficient (Wildman–Crippen LogP) is 2.38. The fourth-order valence-corrected chi connectivity index (χ4v) is 2.91. The Bertz CT molecular complexity index is 484. The van der Waals surface area contributed by atoms with Gasteiger partial charge in [0.05, 0.1) is 5.69 Å². The van der Waals surface area contributed by atoms with Crippen LogP contribution < -0.4 is 0 Å². The average molecular weight is 219 g/mol. The summed E-state index contributed by atoms with van der Waals surface area (Å²) in [6.45, 7) is 2.10. The van der Waals surface area contributed by atoms with Gasteiger partial charge in [-0.15, -0.1) is 11.3 Å². The number of fused-ring (bicyclic) bond motifs is 3. The molecule has 0 saturated carbocycles. The number of thiophene rings is 1. The van der Waals surface area contributed by atoms with Gasteiger partial charge >= 0.3 is 0 Å². The maximum absolute atomic E-state index is 4.56. The Labute approximate surface area is 92.8 Å². The molecule has 3 rings (SSSR count). The lowest BCUT2D eigenvalue weighted by Gasteiger charge is -1.99. The van der Waals surface area contributed by atoms with Crippen LogP contribution in [0.15, 0.2) is 11.4 Å². The van der Waals surface area contributed by atoms with Crippen molar-refractivity contribution in [2.45, 2.75) is 32.6 Å². The highest BCUT2D eigenvalue weighted by atomic mass is 32.1. The second-order valence-corrected chi connectivity index (χ2v) is 4.79. The highest BCUT2D eigenvalue weighted by Gasteiger charge is 2.17. The number of aryl methyl sites for hydroxylation is 3. The highest BCUT2D eigenvalue weighted by Crippen LogP contribution is 2.26. The summed E-state index contributed by atoms with van der Waals surface area (Å²) in [5, 5.41) is 6.70. The lowest BCUT2D eigenvalue weighted by molar-refractivity contribution is 0.764. The monoisotopic (exact) mass is 219 g/mol. The van der Waals surface area contributed by atoms with Gasteiger partial charge in [0.15, 0.2) is 5.82 Å². The molecule has 0 fully saturated rings. The van der Waals surface area contributed by atoms with Crippen molar-refractivity contribution in [3.8, 4) is 5.69 Å². The highest BCUT2D eigenvalue weighted by molar-refractivity contribution is 7.10. The zero-order valence-corrected chi connectivity index (χ0v) is 9.55. The third kappa shape index (κ3) is 1.40. The van der Waals surface area contributed by atoms with Crippen LogP contribution in [0, 0.1) is 0 Å². The van der Waals surface area contributed by atoms with Gasteiger partial charge in [-0.2, -0.15) is 5.10 Å². The first kappa shape index (κ1) is 9.09. The fraction of sp³-hybridized carbons (Fsp3) is 0.455. The number of hydrogen-bond acceptors (Lipinski definition) is 3. The smallest absolute Gasteiger partial charge is 0.151 e. The molecule has 3 heterocycles. The number of hydrogen-bond donors (Lipinski definition) is 0. The minimum Gasteiger partial charge on any atom is -0.216 e. The zero-order valence-electron chi connectivity index (χ0n) is 8.73. The van der Waals surface area contributed by atoms with Crippen LogP contribution in [0.25, 0.3) is 5.69 Å². The molecule has 1 aliphatic heterocycles. The van der Waals surface area contributed by atoms with E-state index >= 15 is 0 Å². The van der Waals surface area contributed by atoms with Gasteiger partial charge in [0.2, 0.25) is 0 Å². The van der Waals surface area contributed by atoms with E-state index in [0.29, 0.717) is 0 Å². The lowest BCUT2D eigenvalue weighted by atomic mass is 10.2. The van der Waals surface area contributed by atoms with E-state index in [2.05, 4.69) is 28.5 Å². The largest absolute Gasteiger partial charge is 0.216 e. The minimum atomic E-state index is 0.916. The molecule has 1 aliphatic rings. The molecule has 0 amide bonds. The molecule has 0 unspecified atom stereocenters. The molecule has 0 radical (unpaired) electrons. The van der Waals surface area contributed by atoms with E-state index in [1.807, 2.05) is 16.0 Å². The summed E-state index contributed by atoms with van der Waals surface area (Å²) < 4.78 is 2.04. The molecule has 0 spiro atoms. The van der Waals surface area contributed by atoms with Gasteiger partial charge < -0.3 is 0 Å². The van der Waals surface area contributed by atoms with E-state index in [4.69, 9.17) is 0 Å². The lowest BCUT2D eigenvalue weighted by Crippen LogP contribution is -2.00. The van der Waals surface area contributed by atoms with Gasteiger partial charge in [-0.3, -0.25) is 0 Å². The van der Waals surface area contributed by atoms with Crippen LogP contribution in [0.3, 0.4) is 0 Å². The van der Waals surface area contributed by atoms with E-state index in [9.17, 15) is 0 Å². The van der Waals surface area contributed by atoms with Crippen LogP contribution >= 0.6 is 11.3 Å². The van der Waals surface area contributed by atoms with Crippen molar-refractivity contribution < 1.29 is 0 Å². The molecule has 4 heteroatoms. The second-order valence-electron chi connectivity index (χ2n) is 3.79. The molecule has 2 aromatic rings. The predicted molar refractivity (Wildman–Crippen MR) is 60.6 cm³/mol. The normalized spacial score (nSPS) is 14.5. The maximum atomic E-state index is 4.56. The summed E-state index contributed by atoms with van der Waals surface area (Å²) in [4.78, 5) is 6.01. The topological polar surface area (TPSA) is 30.7 Å². The summed E-state index contributed by atoms with van der Waals surface area (Å²) >= 11 is 1.83. The molecular formula is C11H13N3S. The molecule has 78 valence electrons. The fourth-order valence-electron chi connectivity index (χ4n) is 2.01. The van der Waals surface area contributed by atoms with Crippen LogP contribution in [0.1, 0.15) is 29.9 Å². The minimum absolute atomic E-state index is 0.916. The summed E-state index contributed by atoms with van der Waals surface area (Å²) in [7, 11) is 0. The SMILES string of the molecule is CCc1nc2n(n1)-c1ccsc1CCC2. The van der Waals surface area contributed by atoms with Crippen LogP contribution in [0.4, 0.5) is 0 Å². The zero-order chi connectivity index (χ0) is 10.3. The van der Waals surface area contributed by atoms with Crippen LogP contribution in [0.5, 0.6) is 0 Å². The first-order valence-electron chi connectivity index (χ1n) is 5.40. The first-order valence-corrected chi connectivity index (χ1v) is 6.28. The van der Waals surface area contributed by atoms with E-state index < -0.39 is 0 Å². The molecule has 2 aromatic heterocycles. The Balaban J connectivity index is 2.19. The van der Waals surface area contributed by atoms with Gasteiger partial charge in [-0.25, -0.2) is 9.67 Å². The molecule has 0 atom stereocenters. The number of rotatable bonds is 1. The molecule has 15 heavy (non-hydrogen) atoms. The van der Waals surface area contributed by atoms with Crippen LogP contribution in [-0.4, -0.2) is 14.8 Å². The Hall–Kier alpha value is -1.16. The number of nitrogens with zero attached hydrogens (tertiary/aromatic N) is 3. The summed E-state index contributed by atoms with van der Waals surface area (Å²) in [5.74, 6) is 2.09. The molecule has 0 aromatic carbocycles.